The third kappa shape index (κ3) is 5.82. The van der Waals surface area contributed by atoms with Gasteiger partial charge in [-0.1, -0.05) is 33.8 Å². The standard InChI is InChI=1S/C28H36N2O6/c1-6-29(7-2)14-15-30-25(20-10-13-22(31)23(16-20)35-5)24(27(33)28(30)34)26(32)19-8-11-21(12-9-19)36-17-18(3)4/h8-13,16,18,25,31-32H,6-7,14-15,17H2,1-5H3/b26-24+/t25-/m0/s1. The van der Waals surface area contributed by atoms with Crippen molar-refractivity contribution in [3.8, 4) is 17.2 Å². The number of aromatic hydroxyl groups is 1. The lowest BCUT2D eigenvalue weighted by molar-refractivity contribution is -0.140. The first-order valence-corrected chi connectivity index (χ1v) is 12.3. The molecule has 1 amide bonds. The SMILES string of the molecule is CCN(CC)CCN1C(=O)C(=O)/C(=C(/O)c2ccc(OCC(C)C)cc2)[C@@H]1c1ccc(O)c(OC)c1. The highest BCUT2D eigenvalue weighted by Gasteiger charge is 2.46. The number of benzene rings is 2. The van der Waals surface area contributed by atoms with Gasteiger partial charge in [-0.3, -0.25) is 9.59 Å². The summed E-state index contributed by atoms with van der Waals surface area (Å²) in [6.45, 7) is 11.2. The molecule has 0 saturated carbocycles. The quantitative estimate of drug-likeness (QED) is 0.273. The second kappa shape index (κ2) is 11.9. The van der Waals surface area contributed by atoms with E-state index < -0.39 is 17.7 Å². The van der Waals surface area contributed by atoms with E-state index in [0.717, 1.165) is 13.1 Å². The van der Waals surface area contributed by atoms with E-state index in [0.29, 0.717) is 42.5 Å². The van der Waals surface area contributed by atoms with Gasteiger partial charge in [0.25, 0.3) is 11.7 Å². The number of methoxy groups -OCH3 is 1. The first kappa shape index (κ1) is 27.1. The molecule has 2 aromatic rings. The fourth-order valence-electron chi connectivity index (χ4n) is 4.24. The monoisotopic (exact) mass is 496 g/mol. The number of rotatable bonds is 11. The molecular formula is C28H36N2O6. The lowest BCUT2D eigenvalue weighted by Gasteiger charge is -2.28. The number of hydrogen-bond donors (Lipinski definition) is 2. The number of ether oxygens (including phenoxy) is 2. The summed E-state index contributed by atoms with van der Waals surface area (Å²) in [6.07, 6.45) is 0. The number of likely N-dealkylation sites (N-methyl/N-ethyl adjacent to an activating group) is 1. The summed E-state index contributed by atoms with van der Waals surface area (Å²) in [7, 11) is 1.43. The fourth-order valence-corrected chi connectivity index (χ4v) is 4.24. The van der Waals surface area contributed by atoms with E-state index >= 15 is 0 Å². The first-order chi connectivity index (χ1) is 17.2. The molecule has 1 aliphatic rings. The Labute approximate surface area is 212 Å². The number of likely N-dealkylation sites (tertiary alicyclic amines) is 1. The molecule has 1 fully saturated rings. The van der Waals surface area contributed by atoms with Crippen LogP contribution in [-0.2, 0) is 9.59 Å². The van der Waals surface area contributed by atoms with Crippen LogP contribution in [0.5, 0.6) is 17.2 Å². The zero-order valence-corrected chi connectivity index (χ0v) is 21.7. The second-order valence-electron chi connectivity index (χ2n) is 9.18. The van der Waals surface area contributed by atoms with E-state index in [4.69, 9.17) is 9.47 Å². The van der Waals surface area contributed by atoms with E-state index in [-0.39, 0.29) is 22.8 Å². The molecule has 0 unspecified atom stereocenters. The molecule has 1 atom stereocenters. The maximum atomic E-state index is 13.2. The van der Waals surface area contributed by atoms with E-state index in [1.165, 1.54) is 18.1 Å². The summed E-state index contributed by atoms with van der Waals surface area (Å²) >= 11 is 0. The van der Waals surface area contributed by atoms with Gasteiger partial charge >= 0.3 is 0 Å². The van der Waals surface area contributed by atoms with E-state index in [1.54, 1.807) is 36.4 Å². The van der Waals surface area contributed by atoms with Crippen molar-refractivity contribution >= 4 is 17.4 Å². The highest BCUT2D eigenvalue weighted by Crippen LogP contribution is 2.41. The van der Waals surface area contributed by atoms with Crippen LogP contribution in [-0.4, -0.2) is 71.6 Å². The molecule has 1 heterocycles. The van der Waals surface area contributed by atoms with Crippen LogP contribution in [0.3, 0.4) is 0 Å². The minimum atomic E-state index is -0.827. The molecule has 36 heavy (non-hydrogen) atoms. The number of Topliss-reactive ketones (excluding diaryl/α,β-unsaturated/α-hetero) is 1. The Balaban J connectivity index is 2.06. The maximum absolute atomic E-state index is 13.2. The van der Waals surface area contributed by atoms with Crippen molar-refractivity contribution in [1.82, 2.24) is 9.80 Å². The molecule has 2 N–H and O–H groups in total. The number of aliphatic hydroxyl groups is 1. The van der Waals surface area contributed by atoms with Crippen LogP contribution in [0.1, 0.15) is 44.9 Å². The van der Waals surface area contributed by atoms with Crippen LogP contribution < -0.4 is 9.47 Å². The molecule has 3 rings (SSSR count). The number of nitrogens with zero attached hydrogens (tertiary/aromatic N) is 2. The summed E-state index contributed by atoms with van der Waals surface area (Å²) in [5.41, 5.74) is 0.967. The van der Waals surface area contributed by atoms with Gasteiger partial charge in [-0.15, -0.1) is 0 Å². The topological polar surface area (TPSA) is 99.5 Å². The molecular weight excluding hydrogens is 460 g/mol. The number of phenols is 1. The highest BCUT2D eigenvalue weighted by molar-refractivity contribution is 6.46. The lowest BCUT2D eigenvalue weighted by Crippen LogP contribution is -2.38. The van der Waals surface area contributed by atoms with Gasteiger partial charge in [0.15, 0.2) is 11.5 Å². The van der Waals surface area contributed by atoms with Crippen molar-refractivity contribution in [1.29, 1.82) is 0 Å². The third-order valence-corrected chi connectivity index (χ3v) is 6.32. The van der Waals surface area contributed by atoms with Gasteiger partial charge in [0.2, 0.25) is 0 Å². The number of hydrogen-bond acceptors (Lipinski definition) is 7. The minimum Gasteiger partial charge on any atom is -0.507 e. The predicted octanol–water partition coefficient (Wildman–Crippen LogP) is 4.20. The van der Waals surface area contributed by atoms with E-state index in [1.807, 2.05) is 13.8 Å². The fraction of sp³-hybridized carbons (Fsp3) is 0.429. The van der Waals surface area contributed by atoms with Crippen molar-refractivity contribution < 1.29 is 29.3 Å². The van der Waals surface area contributed by atoms with Crippen molar-refractivity contribution in [3.63, 3.8) is 0 Å². The summed E-state index contributed by atoms with van der Waals surface area (Å²) in [6, 6.07) is 10.7. The van der Waals surface area contributed by atoms with Crippen LogP contribution in [0.4, 0.5) is 0 Å². The second-order valence-corrected chi connectivity index (χ2v) is 9.18. The third-order valence-electron chi connectivity index (χ3n) is 6.32. The summed E-state index contributed by atoms with van der Waals surface area (Å²) < 4.78 is 11.0. The molecule has 0 radical (unpaired) electrons. The van der Waals surface area contributed by atoms with Gasteiger partial charge in [0.1, 0.15) is 11.5 Å². The summed E-state index contributed by atoms with van der Waals surface area (Å²) in [5, 5.41) is 21.4. The maximum Gasteiger partial charge on any atom is 0.295 e. The number of ketones is 1. The molecule has 0 aliphatic carbocycles. The van der Waals surface area contributed by atoms with Crippen molar-refractivity contribution in [2.75, 3.05) is 39.9 Å². The Morgan fingerprint density at radius 1 is 1.08 bits per heavy atom. The van der Waals surface area contributed by atoms with Gasteiger partial charge in [0, 0.05) is 18.7 Å². The molecule has 0 bridgehead atoms. The van der Waals surface area contributed by atoms with Crippen LogP contribution in [0.2, 0.25) is 0 Å². The highest BCUT2D eigenvalue weighted by atomic mass is 16.5. The van der Waals surface area contributed by atoms with Crippen LogP contribution in [0.25, 0.3) is 5.76 Å². The Hall–Kier alpha value is -3.52. The Morgan fingerprint density at radius 2 is 1.75 bits per heavy atom. The molecule has 8 nitrogen and oxygen atoms in total. The van der Waals surface area contributed by atoms with Crippen molar-refractivity contribution in [2.24, 2.45) is 5.92 Å². The van der Waals surface area contributed by atoms with E-state index in [2.05, 4.69) is 18.7 Å². The molecule has 0 aromatic heterocycles. The van der Waals surface area contributed by atoms with Gasteiger partial charge < -0.3 is 29.5 Å². The number of aliphatic hydroxyl groups excluding tert-OH is 1. The van der Waals surface area contributed by atoms with Crippen molar-refractivity contribution in [3.05, 3.63) is 59.2 Å². The van der Waals surface area contributed by atoms with Crippen LogP contribution in [0.15, 0.2) is 48.0 Å². The minimum absolute atomic E-state index is 0.00291. The van der Waals surface area contributed by atoms with Crippen LogP contribution in [0, 0.1) is 5.92 Å². The number of phenolic OH excluding ortho intramolecular Hbond substituents is 1. The molecule has 1 saturated heterocycles. The number of carbonyl (C=O) groups excluding carboxylic acids is 2. The van der Waals surface area contributed by atoms with E-state index in [9.17, 15) is 19.8 Å². The largest absolute Gasteiger partial charge is 0.507 e. The smallest absolute Gasteiger partial charge is 0.295 e. The molecule has 194 valence electrons. The average Bonchev–Trinajstić information content (AvgIpc) is 3.13. The van der Waals surface area contributed by atoms with Gasteiger partial charge in [-0.2, -0.15) is 0 Å². The van der Waals surface area contributed by atoms with Gasteiger partial charge in [-0.05, 0) is 61.0 Å². The van der Waals surface area contributed by atoms with Gasteiger partial charge in [-0.25, -0.2) is 0 Å². The zero-order valence-electron chi connectivity index (χ0n) is 21.7. The molecule has 8 heteroatoms. The Morgan fingerprint density at radius 3 is 2.33 bits per heavy atom. The first-order valence-electron chi connectivity index (χ1n) is 12.3. The predicted molar refractivity (Wildman–Crippen MR) is 138 cm³/mol. The normalized spacial score (nSPS) is 17.3. The van der Waals surface area contributed by atoms with Gasteiger partial charge in [0.05, 0.1) is 25.3 Å². The Bertz CT molecular complexity index is 1110. The number of carbonyl (C=O) groups is 2. The summed E-state index contributed by atoms with van der Waals surface area (Å²) in [5.74, 6) is -0.493. The summed E-state index contributed by atoms with van der Waals surface area (Å²) in [4.78, 5) is 30.0. The van der Waals surface area contributed by atoms with Crippen molar-refractivity contribution in [2.45, 2.75) is 33.7 Å². The number of amides is 1. The van der Waals surface area contributed by atoms with Crippen LogP contribution >= 0.6 is 0 Å². The molecule has 0 spiro atoms. The zero-order chi connectivity index (χ0) is 26.4. The lowest BCUT2D eigenvalue weighted by atomic mass is 9.95. The Kier molecular flexibility index (Phi) is 8.98. The molecule has 1 aliphatic heterocycles. The molecule has 2 aromatic carbocycles. The average molecular weight is 497 g/mol.